The lowest BCUT2D eigenvalue weighted by Crippen LogP contribution is -2.45. The van der Waals surface area contributed by atoms with Crippen molar-refractivity contribution in [2.45, 2.75) is 30.7 Å². The van der Waals surface area contributed by atoms with Crippen LogP contribution in [0.15, 0.2) is 29.2 Å². The molecule has 1 aromatic rings. The molecule has 20 heavy (non-hydrogen) atoms. The molecule has 7 heteroatoms. The lowest BCUT2D eigenvalue weighted by molar-refractivity contribution is -0.114. The number of benzene rings is 1. The van der Waals surface area contributed by atoms with Crippen LogP contribution in [0.2, 0.25) is 0 Å². The third-order valence-corrected chi connectivity index (χ3v) is 4.64. The van der Waals surface area contributed by atoms with E-state index in [0.717, 1.165) is 19.4 Å². The average Bonchev–Trinajstić information content (AvgIpc) is 2.39. The molecule has 6 nitrogen and oxygen atoms in total. The Morgan fingerprint density at radius 1 is 1.30 bits per heavy atom. The van der Waals surface area contributed by atoms with E-state index in [9.17, 15) is 13.2 Å². The highest BCUT2D eigenvalue weighted by Gasteiger charge is 2.21. The van der Waals surface area contributed by atoms with Crippen LogP contribution < -0.4 is 15.4 Å². The zero-order valence-corrected chi connectivity index (χ0v) is 12.2. The Morgan fingerprint density at radius 2 is 2.00 bits per heavy atom. The maximum atomic E-state index is 12.2. The fraction of sp³-hybridized carbons (Fsp3) is 0.462. The van der Waals surface area contributed by atoms with E-state index in [1.165, 1.54) is 19.1 Å². The fourth-order valence-corrected chi connectivity index (χ4v) is 3.43. The largest absolute Gasteiger partial charge is 0.326 e. The first-order chi connectivity index (χ1) is 9.47. The zero-order chi connectivity index (χ0) is 14.6. The van der Waals surface area contributed by atoms with Crippen molar-refractivity contribution in [2.24, 2.45) is 0 Å². The van der Waals surface area contributed by atoms with Gasteiger partial charge in [0.1, 0.15) is 0 Å². The minimum Gasteiger partial charge on any atom is -0.326 e. The molecule has 1 atom stereocenters. The number of amides is 1. The molecule has 0 spiro atoms. The molecule has 1 amide bonds. The zero-order valence-electron chi connectivity index (χ0n) is 11.3. The van der Waals surface area contributed by atoms with Crippen molar-refractivity contribution in [2.75, 3.05) is 18.4 Å². The summed E-state index contributed by atoms with van der Waals surface area (Å²) in [6, 6.07) is 6.07. The van der Waals surface area contributed by atoms with Crippen LogP contribution >= 0.6 is 0 Å². The van der Waals surface area contributed by atoms with Crippen LogP contribution in [-0.2, 0) is 14.8 Å². The molecule has 1 fully saturated rings. The van der Waals surface area contributed by atoms with Gasteiger partial charge in [-0.1, -0.05) is 0 Å². The fourth-order valence-electron chi connectivity index (χ4n) is 2.16. The minimum atomic E-state index is -3.51. The Bertz CT molecular complexity index is 563. The second-order valence-electron chi connectivity index (χ2n) is 4.87. The maximum absolute atomic E-state index is 12.2. The molecule has 1 aromatic carbocycles. The maximum Gasteiger partial charge on any atom is 0.240 e. The predicted octanol–water partition coefficient (Wildman–Crippen LogP) is 0.675. The number of sulfonamides is 1. The predicted molar refractivity (Wildman–Crippen MR) is 77.0 cm³/mol. The van der Waals surface area contributed by atoms with E-state index in [2.05, 4.69) is 15.4 Å². The summed E-state index contributed by atoms with van der Waals surface area (Å²) in [6.07, 6.45) is 1.81. The van der Waals surface area contributed by atoms with Crippen molar-refractivity contribution >= 4 is 21.6 Å². The van der Waals surface area contributed by atoms with Gasteiger partial charge in [-0.15, -0.1) is 0 Å². The number of carbonyl (C=O) groups is 1. The number of carbonyl (C=O) groups excluding carboxylic acids is 1. The van der Waals surface area contributed by atoms with Crippen molar-refractivity contribution < 1.29 is 13.2 Å². The lowest BCUT2D eigenvalue weighted by Gasteiger charge is -2.23. The van der Waals surface area contributed by atoms with Crippen molar-refractivity contribution in [1.29, 1.82) is 0 Å². The Morgan fingerprint density at radius 3 is 2.55 bits per heavy atom. The summed E-state index contributed by atoms with van der Waals surface area (Å²) in [5, 5.41) is 5.77. The molecule has 1 heterocycles. The van der Waals surface area contributed by atoms with Crippen molar-refractivity contribution in [1.82, 2.24) is 10.0 Å². The van der Waals surface area contributed by atoms with E-state index < -0.39 is 10.0 Å². The van der Waals surface area contributed by atoms with E-state index >= 15 is 0 Å². The SMILES string of the molecule is CC(=O)Nc1ccc(S(=O)(=O)N[C@@H]2CCCNC2)cc1. The second kappa shape index (κ2) is 6.34. The van der Waals surface area contributed by atoms with Gasteiger partial charge in [-0.2, -0.15) is 0 Å². The average molecular weight is 297 g/mol. The molecule has 0 saturated carbocycles. The van der Waals surface area contributed by atoms with E-state index in [4.69, 9.17) is 0 Å². The van der Waals surface area contributed by atoms with Crippen molar-refractivity contribution in [3.8, 4) is 0 Å². The number of hydrogen-bond donors (Lipinski definition) is 3. The molecule has 0 unspecified atom stereocenters. The Labute approximate surface area is 119 Å². The number of nitrogens with one attached hydrogen (secondary N) is 3. The summed E-state index contributed by atoms with van der Waals surface area (Å²) in [5.41, 5.74) is 0.579. The molecular weight excluding hydrogens is 278 g/mol. The van der Waals surface area contributed by atoms with Crippen molar-refractivity contribution in [3.05, 3.63) is 24.3 Å². The van der Waals surface area contributed by atoms with Crippen molar-refractivity contribution in [3.63, 3.8) is 0 Å². The van der Waals surface area contributed by atoms with E-state index in [-0.39, 0.29) is 16.8 Å². The third kappa shape index (κ3) is 4.03. The second-order valence-corrected chi connectivity index (χ2v) is 6.58. The normalized spacial score (nSPS) is 19.6. The van der Waals surface area contributed by atoms with E-state index in [1.807, 2.05) is 0 Å². The van der Waals surface area contributed by atoms with Gasteiger partial charge in [-0.3, -0.25) is 4.79 Å². The Balaban J connectivity index is 2.06. The summed E-state index contributed by atoms with van der Waals surface area (Å²) in [6.45, 7) is 3.00. The first-order valence-corrected chi connectivity index (χ1v) is 8.06. The number of anilines is 1. The van der Waals surface area contributed by atoms with Gasteiger partial charge in [-0.05, 0) is 43.7 Å². The van der Waals surface area contributed by atoms with E-state index in [0.29, 0.717) is 12.2 Å². The molecule has 1 aliphatic heterocycles. The summed E-state index contributed by atoms with van der Waals surface area (Å²) < 4.78 is 27.1. The highest BCUT2D eigenvalue weighted by molar-refractivity contribution is 7.89. The molecule has 1 aliphatic rings. The highest BCUT2D eigenvalue weighted by Crippen LogP contribution is 2.15. The monoisotopic (exact) mass is 297 g/mol. The van der Waals surface area contributed by atoms with Gasteiger partial charge >= 0.3 is 0 Å². The first-order valence-electron chi connectivity index (χ1n) is 6.58. The topological polar surface area (TPSA) is 87.3 Å². The molecule has 0 aliphatic carbocycles. The molecule has 0 radical (unpaired) electrons. The number of rotatable bonds is 4. The quantitative estimate of drug-likeness (QED) is 0.762. The summed E-state index contributed by atoms with van der Waals surface area (Å²) in [7, 11) is -3.51. The molecule has 3 N–H and O–H groups in total. The van der Waals surface area contributed by atoms with Crippen LogP contribution in [0, 0.1) is 0 Å². The smallest absolute Gasteiger partial charge is 0.240 e. The van der Waals surface area contributed by atoms with Crippen LogP contribution in [0.5, 0.6) is 0 Å². The highest BCUT2D eigenvalue weighted by atomic mass is 32.2. The molecule has 1 saturated heterocycles. The van der Waals surface area contributed by atoms with Crippen LogP contribution in [0.4, 0.5) is 5.69 Å². The summed E-state index contributed by atoms with van der Waals surface area (Å²) >= 11 is 0. The van der Waals surface area contributed by atoms with Crippen LogP contribution in [0.1, 0.15) is 19.8 Å². The van der Waals surface area contributed by atoms with E-state index in [1.54, 1.807) is 12.1 Å². The van der Waals surface area contributed by atoms with Gasteiger partial charge < -0.3 is 10.6 Å². The minimum absolute atomic E-state index is 0.0660. The number of hydrogen-bond acceptors (Lipinski definition) is 4. The first kappa shape index (κ1) is 15.0. The van der Waals surface area contributed by atoms with Gasteiger partial charge in [0.25, 0.3) is 0 Å². The van der Waals surface area contributed by atoms with Crippen LogP contribution in [0.25, 0.3) is 0 Å². The number of piperidine rings is 1. The van der Waals surface area contributed by atoms with Crippen LogP contribution in [-0.4, -0.2) is 33.5 Å². The Hall–Kier alpha value is -1.44. The molecule has 0 aromatic heterocycles. The summed E-state index contributed by atoms with van der Waals surface area (Å²) in [5.74, 6) is -0.188. The standard InChI is InChI=1S/C13H19N3O3S/c1-10(17)15-11-4-6-13(7-5-11)20(18,19)16-12-3-2-8-14-9-12/h4-7,12,14,16H,2-3,8-9H2,1H3,(H,15,17)/t12-/m1/s1. The molecule has 2 rings (SSSR count). The Kier molecular flexibility index (Phi) is 4.74. The van der Waals surface area contributed by atoms with Gasteiger partial charge in [-0.25, -0.2) is 13.1 Å². The van der Waals surface area contributed by atoms with Gasteiger partial charge in [0.15, 0.2) is 0 Å². The lowest BCUT2D eigenvalue weighted by atomic mass is 10.1. The molecule has 110 valence electrons. The molecule has 0 bridgehead atoms. The third-order valence-electron chi connectivity index (χ3n) is 3.10. The molecular formula is C13H19N3O3S. The summed E-state index contributed by atoms with van der Waals surface area (Å²) in [4.78, 5) is 11.1. The van der Waals surface area contributed by atoms with Gasteiger partial charge in [0, 0.05) is 25.2 Å². The van der Waals surface area contributed by atoms with Gasteiger partial charge in [0.05, 0.1) is 4.90 Å². The van der Waals surface area contributed by atoms with Crippen LogP contribution in [0.3, 0.4) is 0 Å². The van der Waals surface area contributed by atoms with Gasteiger partial charge in [0.2, 0.25) is 15.9 Å².